The number of aromatic nitrogens is 2. The molecule has 20 heavy (non-hydrogen) atoms. The van der Waals surface area contributed by atoms with Crippen LogP contribution in [0, 0.1) is 0 Å². The van der Waals surface area contributed by atoms with Crippen molar-refractivity contribution in [3.8, 4) is 0 Å². The molecule has 1 saturated heterocycles. The van der Waals surface area contributed by atoms with Crippen LogP contribution in [0.4, 0.5) is 11.6 Å². The van der Waals surface area contributed by atoms with Crippen LogP contribution < -0.4 is 10.6 Å². The number of ether oxygens (including phenoxy) is 2. The van der Waals surface area contributed by atoms with E-state index in [0.29, 0.717) is 12.4 Å². The largest absolute Gasteiger partial charge is 0.377 e. The zero-order valence-corrected chi connectivity index (χ0v) is 12.3. The number of hydrogen-bond acceptors (Lipinski definition) is 6. The van der Waals surface area contributed by atoms with Crippen molar-refractivity contribution in [1.29, 1.82) is 0 Å². The Hall–Kier alpha value is -1.40. The molecule has 0 aromatic carbocycles. The van der Waals surface area contributed by atoms with E-state index in [4.69, 9.17) is 9.47 Å². The summed E-state index contributed by atoms with van der Waals surface area (Å²) in [7, 11) is 1.65. The van der Waals surface area contributed by atoms with Crippen molar-refractivity contribution in [3.05, 3.63) is 11.9 Å². The molecular weight excluding hydrogens is 256 g/mol. The number of anilines is 2. The normalized spacial score (nSPS) is 18.8. The fourth-order valence-corrected chi connectivity index (χ4v) is 2.24. The first-order chi connectivity index (χ1) is 9.81. The molecule has 2 N–H and O–H groups in total. The minimum atomic E-state index is 0.284. The second kappa shape index (κ2) is 8.01. The lowest BCUT2D eigenvalue weighted by molar-refractivity contribution is 0.0247. The average molecular weight is 280 g/mol. The molecule has 2 heterocycles. The summed E-state index contributed by atoms with van der Waals surface area (Å²) in [5.74, 6) is 2.32. The third kappa shape index (κ3) is 4.61. The molecule has 6 heteroatoms. The van der Waals surface area contributed by atoms with Gasteiger partial charge in [-0.25, -0.2) is 9.97 Å². The molecule has 0 aliphatic carbocycles. The van der Waals surface area contributed by atoms with E-state index in [1.165, 1.54) is 12.8 Å². The maximum Gasteiger partial charge on any atom is 0.158 e. The molecule has 0 amide bonds. The van der Waals surface area contributed by atoms with Crippen molar-refractivity contribution < 1.29 is 9.47 Å². The van der Waals surface area contributed by atoms with Gasteiger partial charge in [-0.1, -0.05) is 0 Å². The van der Waals surface area contributed by atoms with Crippen LogP contribution in [-0.2, 0) is 16.1 Å². The lowest BCUT2D eigenvalue weighted by Crippen LogP contribution is -2.27. The van der Waals surface area contributed by atoms with Crippen LogP contribution in [0.2, 0.25) is 0 Å². The van der Waals surface area contributed by atoms with Gasteiger partial charge in [0.25, 0.3) is 0 Å². The van der Waals surface area contributed by atoms with E-state index in [0.717, 1.165) is 37.8 Å². The summed E-state index contributed by atoms with van der Waals surface area (Å²) in [4.78, 5) is 8.84. The topological polar surface area (TPSA) is 68.3 Å². The fourth-order valence-electron chi connectivity index (χ4n) is 2.24. The number of nitrogens with zero attached hydrogens (tertiary/aromatic N) is 2. The quantitative estimate of drug-likeness (QED) is 0.796. The Morgan fingerprint density at radius 2 is 2.10 bits per heavy atom. The second-order valence-corrected chi connectivity index (χ2v) is 4.89. The highest BCUT2D eigenvalue weighted by Gasteiger charge is 2.14. The maximum atomic E-state index is 5.71. The molecular formula is C14H24N4O2. The van der Waals surface area contributed by atoms with Gasteiger partial charge in [0.15, 0.2) is 5.82 Å². The smallest absolute Gasteiger partial charge is 0.158 e. The molecule has 0 saturated carbocycles. The molecule has 1 aliphatic rings. The van der Waals surface area contributed by atoms with Gasteiger partial charge in [0.05, 0.1) is 6.10 Å². The summed E-state index contributed by atoms with van der Waals surface area (Å²) >= 11 is 0. The Bertz CT molecular complexity index is 384. The second-order valence-electron chi connectivity index (χ2n) is 4.89. The molecule has 1 aromatic rings. The van der Waals surface area contributed by atoms with Gasteiger partial charge in [-0.2, -0.15) is 0 Å². The van der Waals surface area contributed by atoms with Gasteiger partial charge in [0.1, 0.15) is 18.2 Å². The molecule has 1 fully saturated rings. The summed E-state index contributed by atoms with van der Waals surface area (Å²) < 4.78 is 10.8. The van der Waals surface area contributed by atoms with E-state index in [1.807, 2.05) is 13.0 Å². The van der Waals surface area contributed by atoms with Gasteiger partial charge in [0.2, 0.25) is 0 Å². The summed E-state index contributed by atoms with van der Waals surface area (Å²) in [6.45, 7) is 4.94. The average Bonchev–Trinajstić information content (AvgIpc) is 2.47. The van der Waals surface area contributed by atoms with E-state index < -0.39 is 0 Å². The van der Waals surface area contributed by atoms with Gasteiger partial charge in [-0.3, -0.25) is 0 Å². The molecule has 0 spiro atoms. The number of rotatable bonds is 7. The van der Waals surface area contributed by atoms with Crippen molar-refractivity contribution in [2.75, 3.05) is 37.4 Å². The lowest BCUT2D eigenvalue weighted by Gasteiger charge is -2.23. The predicted molar refractivity (Wildman–Crippen MR) is 79.0 cm³/mol. The third-order valence-electron chi connectivity index (χ3n) is 3.19. The summed E-state index contributed by atoms with van der Waals surface area (Å²) in [6, 6.07) is 1.92. The van der Waals surface area contributed by atoms with Crippen LogP contribution in [0.25, 0.3) is 0 Å². The first-order valence-electron chi connectivity index (χ1n) is 7.28. The van der Waals surface area contributed by atoms with E-state index in [2.05, 4.69) is 20.6 Å². The molecule has 112 valence electrons. The zero-order valence-electron chi connectivity index (χ0n) is 12.3. The molecule has 2 rings (SSSR count). The predicted octanol–water partition coefficient (Wildman–Crippen LogP) is 2.04. The number of methoxy groups -OCH3 is 1. The molecule has 1 aliphatic heterocycles. The zero-order chi connectivity index (χ0) is 14.2. The molecule has 0 radical (unpaired) electrons. The number of hydrogen-bond donors (Lipinski definition) is 2. The van der Waals surface area contributed by atoms with Crippen molar-refractivity contribution in [1.82, 2.24) is 9.97 Å². The Morgan fingerprint density at radius 3 is 2.75 bits per heavy atom. The van der Waals surface area contributed by atoms with Crippen molar-refractivity contribution in [3.63, 3.8) is 0 Å². The minimum Gasteiger partial charge on any atom is -0.377 e. The van der Waals surface area contributed by atoms with Gasteiger partial charge < -0.3 is 20.1 Å². The molecule has 0 bridgehead atoms. The Morgan fingerprint density at radius 1 is 1.30 bits per heavy atom. The fraction of sp³-hybridized carbons (Fsp3) is 0.714. The third-order valence-corrected chi connectivity index (χ3v) is 3.19. The summed E-state index contributed by atoms with van der Waals surface area (Å²) in [5, 5.41) is 6.55. The SMILES string of the molecule is CCNc1cc(NCC2CCCCO2)nc(COC)n1. The Kier molecular flexibility index (Phi) is 6.01. The highest BCUT2D eigenvalue weighted by molar-refractivity contribution is 5.47. The van der Waals surface area contributed by atoms with Crippen molar-refractivity contribution in [2.24, 2.45) is 0 Å². The van der Waals surface area contributed by atoms with Gasteiger partial charge >= 0.3 is 0 Å². The molecule has 1 unspecified atom stereocenters. The van der Waals surface area contributed by atoms with E-state index >= 15 is 0 Å². The summed E-state index contributed by atoms with van der Waals surface area (Å²) in [6.07, 6.45) is 3.82. The molecule has 6 nitrogen and oxygen atoms in total. The van der Waals surface area contributed by atoms with Crippen LogP contribution in [0.15, 0.2) is 6.07 Å². The van der Waals surface area contributed by atoms with Gasteiger partial charge in [0, 0.05) is 32.9 Å². The van der Waals surface area contributed by atoms with Gasteiger partial charge in [-0.15, -0.1) is 0 Å². The highest BCUT2D eigenvalue weighted by atomic mass is 16.5. The van der Waals surface area contributed by atoms with Crippen LogP contribution in [0.1, 0.15) is 32.0 Å². The number of nitrogens with one attached hydrogen (secondary N) is 2. The van der Waals surface area contributed by atoms with Crippen LogP contribution in [-0.4, -0.2) is 42.9 Å². The van der Waals surface area contributed by atoms with Crippen molar-refractivity contribution >= 4 is 11.6 Å². The molecule has 1 aromatic heterocycles. The van der Waals surface area contributed by atoms with E-state index in [9.17, 15) is 0 Å². The van der Waals surface area contributed by atoms with Crippen LogP contribution in [0.5, 0.6) is 0 Å². The Balaban J connectivity index is 1.97. The first-order valence-corrected chi connectivity index (χ1v) is 7.28. The van der Waals surface area contributed by atoms with Crippen LogP contribution in [0.3, 0.4) is 0 Å². The maximum absolute atomic E-state index is 5.71. The van der Waals surface area contributed by atoms with Crippen LogP contribution >= 0.6 is 0 Å². The monoisotopic (exact) mass is 280 g/mol. The summed E-state index contributed by atoms with van der Waals surface area (Å²) in [5.41, 5.74) is 0. The lowest BCUT2D eigenvalue weighted by atomic mass is 10.1. The standard InChI is InChI=1S/C14H24N4O2/c1-3-15-12-8-13(18-14(17-12)10-19-2)16-9-11-6-4-5-7-20-11/h8,11H,3-7,9-10H2,1-2H3,(H2,15,16,17,18). The highest BCUT2D eigenvalue weighted by Crippen LogP contribution is 2.15. The molecule has 1 atom stereocenters. The minimum absolute atomic E-state index is 0.284. The van der Waals surface area contributed by atoms with Crippen molar-refractivity contribution in [2.45, 2.75) is 38.9 Å². The van der Waals surface area contributed by atoms with Gasteiger partial charge in [-0.05, 0) is 26.2 Å². The first kappa shape index (κ1) is 15.0. The van der Waals surface area contributed by atoms with E-state index in [-0.39, 0.29) is 6.10 Å². The Labute approximate surface area is 120 Å². The van der Waals surface area contributed by atoms with E-state index in [1.54, 1.807) is 7.11 Å².